The lowest BCUT2D eigenvalue weighted by atomic mass is 10.3. The molecule has 1 heterocycles. The maximum Gasteiger partial charge on any atom is 0.245 e. The lowest BCUT2D eigenvalue weighted by Crippen LogP contribution is -2.44. The van der Waals surface area contributed by atoms with Crippen LogP contribution in [-0.4, -0.2) is 34.6 Å². The molecule has 1 atom stereocenters. The van der Waals surface area contributed by atoms with Crippen LogP contribution in [0.25, 0.3) is 0 Å². The fraction of sp³-hybridized carbons (Fsp3) is 0.312. The minimum absolute atomic E-state index is 0.111. The van der Waals surface area contributed by atoms with E-state index in [1.807, 2.05) is 0 Å². The summed E-state index contributed by atoms with van der Waals surface area (Å²) in [7, 11) is -1.20. The van der Waals surface area contributed by atoms with Crippen molar-refractivity contribution in [2.24, 2.45) is 0 Å². The standard InChI is InChI=1S/C16H20N2O6S/c1-11(16(19)17-10-13-5-4-8-24-13)18-25(20,21)15-9-12(22-2)6-7-14(15)23-3/h4-9,11,18H,10H2,1-3H3,(H,17,19)/t11-/m0/s1. The molecule has 136 valence electrons. The quantitative estimate of drug-likeness (QED) is 0.727. The molecule has 0 aliphatic heterocycles. The molecule has 0 aliphatic rings. The van der Waals surface area contributed by atoms with E-state index in [1.165, 1.54) is 39.5 Å². The summed E-state index contributed by atoms with van der Waals surface area (Å²) in [5.41, 5.74) is 0. The Labute approximate surface area is 146 Å². The Morgan fingerprint density at radius 1 is 1.24 bits per heavy atom. The number of ether oxygens (including phenoxy) is 2. The van der Waals surface area contributed by atoms with Crippen molar-refractivity contribution in [1.29, 1.82) is 0 Å². The summed E-state index contributed by atoms with van der Waals surface area (Å²) in [6, 6.07) is 6.80. The van der Waals surface area contributed by atoms with Gasteiger partial charge in [-0.25, -0.2) is 8.42 Å². The van der Waals surface area contributed by atoms with Crippen LogP contribution >= 0.6 is 0 Å². The van der Waals surface area contributed by atoms with Gasteiger partial charge in [-0.3, -0.25) is 4.79 Å². The Morgan fingerprint density at radius 2 is 2.00 bits per heavy atom. The zero-order valence-corrected chi connectivity index (χ0v) is 14.9. The molecule has 0 saturated carbocycles. The molecule has 0 unspecified atom stereocenters. The van der Waals surface area contributed by atoms with E-state index in [4.69, 9.17) is 13.9 Å². The largest absolute Gasteiger partial charge is 0.497 e. The van der Waals surface area contributed by atoms with Crippen molar-refractivity contribution in [3.05, 3.63) is 42.4 Å². The molecule has 0 spiro atoms. The maximum absolute atomic E-state index is 12.6. The van der Waals surface area contributed by atoms with Crippen LogP contribution in [0, 0.1) is 0 Å². The van der Waals surface area contributed by atoms with Gasteiger partial charge in [0.2, 0.25) is 15.9 Å². The number of sulfonamides is 1. The second-order valence-electron chi connectivity index (χ2n) is 5.16. The van der Waals surface area contributed by atoms with E-state index in [0.29, 0.717) is 11.5 Å². The number of methoxy groups -OCH3 is 2. The fourth-order valence-corrected chi connectivity index (χ4v) is 3.47. The summed E-state index contributed by atoms with van der Waals surface area (Å²) in [6.45, 7) is 1.61. The number of nitrogens with one attached hydrogen (secondary N) is 2. The van der Waals surface area contributed by atoms with Gasteiger partial charge in [-0.15, -0.1) is 0 Å². The van der Waals surface area contributed by atoms with Crippen LogP contribution in [0.5, 0.6) is 11.5 Å². The number of carbonyl (C=O) groups is 1. The molecule has 2 aromatic rings. The Morgan fingerprint density at radius 3 is 2.60 bits per heavy atom. The highest BCUT2D eigenvalue weighted by Gasteiger charge is 2.25. The van der Waals surface area contributed by atoms with Crippen LogP contribution in [0.1, 0.15) is 12.7 Å². The van der Waals surface area contributed by atoms with Gasteiger partial charge in [0.25, 0.3) is 0 Å². The first-order valence-corrected chi connectivity index (χ1v) is 8.90. The van der Waals surface area contributed by atoms with Crippen molar-refractivity contribution in [3.8, 4) is 11.5 Å². The lowest BCUT2D eigenvalue weighted by molar-refractivity contribution is -0.122. The molecule has 9 heteroatoms. The summed E-state index contributed by atoms with van der Waals surface area (Å²) in [4.78, 5) is 12.0. The molecular weight excluding hydrogens is 348 g/mol. The number of amides is 1. The van der Waals surface area contributed by atoms with Gasteiger partial charge in [-0.1, -0.05) is 0 Å². The predicted octanol–water partition coefficient (Wildman–Crippen LogP) is 1.28. The van der Waals surface area contributed by atoms with E-state index >= 15 is 0 Å². The Kier molecular flexibility index (Phi) is 6.05. The molecule has 0 fully saturated rings. The molecule has 25 heavy (non-hydrogen) atoms. The van der Waals surface area contributed by atoms with Gasteiger partial charge >= 0.3 is 0 Å². The minimum Gasteiger partial charge on any atom is -0.497 e. The van der Waals surface area contributed by atoms with Crippen LogP contribution in [0.15, 0.2) is 45.9 Å². The first kappa shape index (κ1) is 18.8. The molecule has 0 bridgehead atoms. The number of hydrogen-bond acceptors (Lipinski definition) is 6. The zero-order valence-electron chi connectivity index (χ0n) is 14.1. The normalized spacial score (nSPS) is 12.4. The summed E-state index contributed by atoms with van der Waals surface area (Å²) in [5, 5.41) is 2.59. The van der Waals surface area contributed by atoms with Crippen LogP contribution in [-0.2, 0) is 21.4 Å². The van der Waals surface area contributed by atoms with E-state index in [-0.39, 0.29) is 17.2 Å². The van der Waals surface area contributed by atoms with Gasteiger partial charge in [0.05, 0.1) is 33.1 Å². The van der Waals surface area contributed by atoms with Gasteiger partial charge < -0.3 is 19.2 Å². The lowest BCUT2D eigenvalue weighted by Gasteiger charge is -2.16. The van der Waals surface area contributed by atoms with E-state index in [1.54, 1.807) is 18.2 Å². The highest BCUT2D eigenvalue weighted by molar-refractivity contribution is 7.89. The van der Waals surface area contributed by atoms with Crippen molar-refractivity contribution in [1.82, 2.24) is 10.0 Å². The summed E-state index contributed by atoms with van der Waals surface area (Å²) in [5.74, 6) is 0.590. The second-order valence-corrected chi connectivity index (χ2v) is 6.84. The average Bonchev–Trinajstić information content (AvgIpc) is 3.12. The van der Waals surface area contributed by atoms with Gasteiger partial charge in [0.15, 0.2) is 0 Å². The molecular formula is C16H20N2O6S. The maximum atomic E-state index is 12.6. The van der Waals surface area contributed by atoms with E-state index < -0.39 is 22.0 Å². The van der Waals surface area contributed by atoms with E-state index in [9.17, 15) is 13.2 Å². The predicted molar refractivity (Wildman–Crippen MR) is 89.9 cm³/mol. The second kappa shape index (κ2) is 8.04. The van der Waals surface area contributed by atoms with Gasteiger partial charge in [-0.2, -0.15) is 4.72 Å². The van der Waals surface area contributed by atoms with Crippen LogP contribution in [0.2, 0.25) is 0 Å². The highest BCUT2D eigenvalue weighted by Crippen LogP contribution is 2.28. The van der Waals surface area contributed by atoms with Gasteiger partial charge in [0.1, 0.15) is 22.2 Å². The summed E-state index contributed by atoms with van der Waals surface area (Å²) >= 11 is 0. The molecule has 1 amide bonds. The smallest absolute Gasteiger partial charge is 0.245 e. The Bertz CT molecular complexity index is 817. The molecule has 2 N–H and O–H groups in total. The molecule has 0 radical (unpaired) electrons. The number of benzene rings is 1. The molecule has 0 saturated heterocycles. The van der Waals surface area contributed by atoms with Crippen LogP contribution < -0.4 is 19.5 Å². The number of carbonyl (C=O) groups excluding carboxylic acids is 1. The zero-order chi connectivity index (χ0) is 18.4. The van der Waals surface area contributed by atoms with Crippen molar-refractivity contribution in [2.75, 3.05) is 14.2 Å². The Hall–Kier alpha value is -2.52. The SMILES string of the molecule is COc1ccc(OC)c(S(=O)(=O)N[C@@H](C)C(=O)NCc2ccco2)c1. The number of furan rings is 1. The van der Waals surface area contributed by atoms with Crippen molar-refractivity contribution >= 4 is 15.9 Å². The Balaban J connectivity index is 2.10. The number of rotatable bonds is 8. The first-order chi connectivity index (χ1) is 11.9. The average molecular weight is 368 g/mol. The molecule has 2 rings (SSSR count). The molecule has 0 aliphatic carbocycles. The fourth-order valence-electron chi connectivity index (χ4n) is 2.08. The minimum atomic E-state index is -3.99. The number of hydrogen-bond donors (Lipinski definition) is 2. The van der Waals surface area contributed by atoms with Crippen LogP contribution in [0.3, 0.4) is 0 Å². The monoisotopic (exact) mass is 368 g/mol. The third-order valence-electron chi connectivity index (χ3n) is 3.40. The third-order valence-corrected chi connectivity index (χ3v) is 4.96. The van der Waals surface area contributed by atoms with Gasteiger partial charge in [0, 0.05) is 6.07 Å². The van der Waals surface area contributed by atoms with E-state index in [0.717, 1.165) is 0 Å². The molecule has 1 aromatic carbocycles. The van der Waals surface area contributed by atoms with Crippen LogP contribution in [0.4, 0.5) is 0 Å². The van der Waals surface area contributed by atoms with Crippen molar-refractivity contribution in [2.45, 2.75) is 24.4 Å². The topological polar surface area (TPSA) is 107 Å². The van der Waals surface area contributed by atoms with Crippen molar-refractivity contribution < 1.29 is 27.1 Å². The van der Waals surface area contributed by atoms with Gasteiger partial charge in [-0.05, 0) is 31.2 Å². The van der Waals surface area contributed by atoms with Crippen molar-refractivity contribution in [3.63, 3.8) is 0 Å². The first-order valence-electron chi connectivity index (χ1n) is 7.42. The highest BCUT2D eigenvalue weighted by atomic mass is 32.2. The summed E-state index contributed by atoms with van der Waals surface area (Å²) in [6.07, 6.45) is 1.49. The molecule has 8 nitrogen and oxygen atoms in total. The summed E-state index contributed by atoms with van der Waals surface area (Å²) < 4.78 is 42.7. The van der Waals surface area contributed by atoms with E-state index in [2.05, 4.69) is 10.0 Å². The molecule has 1 aromatic heterocycles. The third kappa shape index (κ3) is 4.74.